The lowest BCUT2D eigenvalue weighted by Crippen LogP contribution is -2.48. The van der Waals surface area contributed by atoms with Crippen molar-refractivity contribution in [2.75, 3.05) is 11.9 Å². The summed E-state index contributed by atoms with van der Waals surface area (Å²) >= 11 is 0. The first-order valence-electron chi connectivity index (χ1n) is 10.4. The molecule has 1 atom stereocenters. The maximum absolute atomic E-state index is 13.3. The third-order valence-corrected chi connectivity index (χ3v) is 5.28. The average Bonchev–Trinajstić information content (AvgIpc) is 2.76. The van der Waals surface area contributed by atoms with E-state index in [9.17, 15) is 14.4 Å². The zero-order valence-electron chi connectivity index (χ0n) is 17.5. The summed E-state index contributed by atoms with van der Waals surface area (Å²) in [5, 5.41) is 14.7. The largest absolute Gasteiger partial charge is 0.481 e. The van der Waals surface area contributed by atoms with Crippen molar-refractivity contribution in [1.82, 2.24) is 10.2 Å². The zero-order valence-corrected chi connectivity index (χ0v) is 17.5. The molecule has 0 saturated heterocycles. The van der Waals surface area contributed by atoms with Crippen LogP contribution in [0.15, 0.2) is 71.9 Å². The molecule has 3 N–H and O–H groups in total. The van der Waals surface area contributed by atoms with Gasteiger partial charge in [-0.3, -0.25) is 14.5 Å². The van der Waals surface area contributed by atoms with Crippen LogP contribution in [0.25, 0.3) is 0 Å². The molecular weight excluding hydrogens is 394 g/mol. The van der Waals surface area contributed by atoms with Gasteiger partial charge in [-0.05, 0) is 37.5 Å². The maximum atomic E-state index is 13.3. The van der Waals surface area contributed by atoms with Crippen molar-refractivity contribution in [3.05, 3.63) is 77.5 Å². The lowest BCUT2D eigenvalue weighted by atomic mass is 9.94. The van der Waals surface area contributed by atoms with Crippen molar-refractivity contribution in [3.8, 4) is 0 Å². The Morgan fingerprint density at radius 1 is 1.00 bits per heavy atom. The van der Waals surface area contributed by atoms with Crippen LogP contribution in [0.2, 0.25) is 0 Å². The number of aliphatic carboxylic acids is 1. The Labute approximate surface area is 181 Å². The number of allylic oxidation sites excluding steroid dienone is 1. The molecule has 7 heteroatoms. The second-order valence-corrected chi connectivity index (χ2v) is 7.47. The molecule has 3 rings (SSSR count). The molecule has 0 aromatic heterocycles. The summed E-state index contributed by atoms with van der Waals surface area (Å²) in [5.74, 6) is -1.09. The molecule has 0 aliphatic carbocycles. The van der Waals surface area contributed by atoms with Gasteiger partial charge < -0.3 is 15.7 Å². The minimum absolute atomic E-state index is 0.113. The van der Waals surface area contributed by atoms with Crippen molar-refractivity contribution in [1.29, 1.82) is 0 Å². The number of rotatable bonds is 9. The third-order valence-electron chi connectivity index (χ3n) is 5.28. The van der Waals surface area contributed by atoms with Crippen LogP contribution in [0, 0.1) is 0 Å². The Balaban J connectivity index is 1.84. The Kier molecular flexibility index (Phi) is 7.43. The van der Waals surface area contributed by atoms with Gasteiger partial charge in [0.1, 0.15) is 0 Å². The van der Waals surface area contributed by atoms with Crippen molar-refractivity contribution >= 4 is 23.6 Å². The van der Waals surface area contributed by atoms with Gasteiger partial charge in [-0.25, -0.2) is 4.79 Å². The van der Waals surface area contributed by atoms with Gasteiger partial charge in [0, 0.05) is 24.4 Å². The topological polar surface area (TPSA) is 98.7 Å². The lowest BCUT2D eigenvalue weighted by molar-refractivity contribution is -0.137. The van der Waals surface area contributed by atoms with Gasteiger partial charge in [0.15, 0.2) is 0 Å². The van der Waals surface area contributed by atoms with Gasteiger partial charge in [0.05, 0.1) is 11.6 Å². The lowest BCUT2D eigenvalue weighted by Gasteiger charge is -2.36. The number of carbonyl (C=O) groups excluding carboxylic acids is 2. The fourth-order valence-corrected chi connectivity index (χ4v) is 3.68. The number of benzene rings is 2. The molecule has 0 radical (unpaired) electrons. The van der Waals surface area contributed by atoms with Crippen LogP contribution in [0.1, 0.15) is 44.2 Å². The number of urea groups is 1. The van der Waals surface area contributed by atoms with E-state index in [0.29, 0.717) is 42.8 Å². The fraction of sp³-hybridized carbons (Fsp3) is 0.292. The summed E-state index contributed by atoms with van der Waals surface area (Å²) in [5.41, 5.74) is 2.59. The molecule has 162 valence electrons. The van der Waals surface area contributed by atoms with Crippen molar-refractivity contribution < 1.29 is 19.5 Å². The van der Waals surface area contributed by atoms with Gasteiger partial charge in [0.2, 0.25) is 0 Å². The Morgan fingerprint density at radius 3 is 2.29 bits per heavy atom. The van der Waals surface area contributed by atoms with Crippen LogP contribution in [-0.4, -0.2) is 34.5 Å². The van der Waals surface area contributed by atoms with E-state index in [1.54, 1.807) is 11.8 Å². The van der Waals surface area contributed by atoms with Gasteiger partial charge in [-0.2, -0.15) is 0 Å². The number of carboxylic acids is 1. The Morgan fingerprint density at radius 2 is 1.65 bits per heavy atom. The number of unbranched alkanes of at least 4 members (excludes halogenated alkanes) is 2. The first-order valence-corrected chi connectivity index (χ1v) is 10.4. The maximum Gasteiger partial charge on any atom is 0.322 e. The highest BCUT2D eigenvalue weighted by molar-refractivity contribution is 6.06. The standard InChI is InChI=1S/C24H27N3O4/c1-17-21(23(30)25-19-13-7-3-8-14-19)22(18-11-5-2-6-12-18)26-24(31)27(17)16-10-4-9-15-20(28)29/h2-3,5-8,11-14,22H,4,9-10,15-16H2,1H3,(H,25,30)(H,26,31)(H,28,29)/t22-/m0/s1. The first-order chi connectivity index (χ1) is 15.0. The van der Waals surface area contributed by atoms with E-state index in [1.807, 2.05) is 60.7 Å². The number of anilines is 1. The number of para-hydroxylation sites is 1. The van der Waals surface area contributed by atoms with E-state index in [4.69, 9.17) is 5.11 Å². The second-order valence-electron chi connectivity index (χ2n) is 7.47. The van der Waals surface area contributed by atoms with Gasteiger partial charge in [-0.1, -0.05) is 55.0 Å². The van der Waals surface area contributed by atoms with Crippen LogP contribution in [-0.2, 0) is 9.59 Å². The van der Waals surface area contributed by atoms with Gasteiger partial charge >= 0.3 is 12.0 Å². The molecule has 0 unspecified atom stereocenters. The minimum Gasteiger partial charge on any atom is -0.481 e. The number of amides is 3. The van der Waals surface area contributed by atoms with E-state index in [0.717, 1.165) is 5.56 Å². The van der Waals surface area contributed by atoms with Crippen molar-refractivity contribution in [2.24, 2.45) is 0 Å². The number of nitrogens with zero attached hydrogens (tertiary/aromatic N) is 1. The molecule has 1 heterocycles. The van der Waals surface area contributed by atoms with Gasteiger partial charge in [0.25, 0.3) is 5.91 Å². The highest BCUT2D eigenvalue weighted by Crippen LogP contribution is 2.31. The molecule has 0 fully saturated rings. The molecule has 1 aliphatic rings. The summed E-state index contributed by atoms with van der Waals surface area (Å²) in [6.45, 7) is 2.20. The summed E-state index contributed by atoms with van der Waals surface area (Å²) in [4.78, 5) is 38.3. The minimum atomic E-state index is -0.822. The number of carbonyl (C=O) groups is 3. The van der Waals surface area contributed by atoms with Crippen LogP contribution in [0.4, 0.5) is 10.5 Å². The highest BCUT2D eigenvalue weighted by Gasteiger charge is 2.35. The summed E-state index contributed by atoms with van der Waals surface area (Å²) in [6, 6.07) is 17.8. The number of hydrogen-bond donors (Lipinski definition) is 3. The zero-order chi connectivity index (χ0) is 22.2. The SMILES string of the molecule is CC1=C(C(=O)Nc2ccccc2)[C@H](c2ccccc2)NC(=O)N1CCCCCC(=O)O. The average molecular weight is 421 g/mol. The predicted octanol–water partition coefficient (Wildman–Crippen LogP) is 4.31. The van der Waals surface area contributed by atoms with E-state index in [2.05, 4.69) is 10.6 Å². The molecule has 0 saturated carbocycles. The smallest absolute Gasteiger partial charge is 0.322 e. The van der Waals surface area contributed by atoms with Crippen LogP contribution < -0.4 is 10.6 Å². The molecule has 2 aromatic carbocycles. The summed E-state index contributed by atoms with van der Waals surface area (Å²) in [6.07, 6.45) is 2.02. The number of nitrogens with one attached hydrogen (secondary N) is 2. The van der Waals surface area contributed by atoms with Crippen LogP contribution in [0.3, 0.4) is 0 Å². The van der Waals surface area contributed by atoms with E-state index >= 15 is 0 Å². The van der Waals surface area contributed by atoms with Crippen molar-refractivity contribution in [3.63, 3.8) is 0 Å². The summed E-state index contributed by atoms with van der Waals surface area (Å²) in [7, 11) is 0. The Bertz CT molecular complexity index is 957. The van der Waals surface area contributed by atoms with Crippen LogP contribution >= 0.6 is 0 Å². The first kappa shape index (κ1) is 22.1. The fourth-order valence-electron chi connectivity index (χ4n) is 3.68. The predicted molar refractivity (Wildman–Crippen MR) is 118 cm³/mol. The molecule has 0 bridgehead atoms. The van der Waals surface area contributed by atoms with Crippen LogP contribution in [0.5, 0.6) is 0 Å². The molecule has 1 aliphatic heterocycles. The van der Waals surface area contributed by atoms with Crippen molar-refractivity contribution in [2.45, 2.75) is 38.6 Å². The van der Waals surface area contributed by atoms with Gasteiger partial charge in [-0.15, -0.1) is 0 Å². The second kappa shape index (κ2) is 10.4. The van der Waals surface area contributed by atoms with E-state index in [1.165, 1.54) is 0 Å². The third kappa shape index (κ3) is 5.72. The molecule has 31 heavy (non-hydrogen) atoms. The number of hydrogen-bond acceptors (Lipinski definition) is 3. The monoisotopic (exact) mass is 421 g/mol. The molecule has 7 nitrogen and oxygen atoms in total. The molecule has 3 amide bonds. The normalized spacial score (nSPS) is 16.1. The molecule has 0 spiro atoms. The Hall–Kier alpha value is -3.61. The summed E-state index contributed by atoms with van der Waals surface area (Å²) < 4.78 is 0. The molecule has 2 aromatic rings. The highest BCUT2D eigenvalue weighted by atomic mass is 16.4. The van der Waals surface area contributed by atoms with E-state index in [-0.39, 0.29) is 18.4 Å². The molecular formula is C24H27N3O4. The quantitative estimate of drug-likeness (QED) is 0.526. The number of carboxylic acid groups (broad SMARTS) is 1. The van der Waals surface area contributed by atoms with E-state index < -0.39 is 12.0 Å².